The fourth-order valence-corrected chi connectivity index (χ4v) is 4.00. The average Bonchev–Trinajstić information content (AvgIpc) is 3.07. The van der Waals surface area contributed by atoms with E-state index in [1.165, 1.54) is 44.9 Å². The number of hydrogen-bond donors (Lipinski definition) is 1. The number of carbonyl (C=O) groups is 2. The molecular formula is C22H36O5. The normalized spacial score (nSPS) is 27.6. The number of carbonyl (C=O) groups excluding carboxylic acids is 2. The van der Waals surface area contributed by atoms with Gasteiger partial charge in [0.05, 0.1) is 5.92 Å². The molecule has 1 saturated heterocycles. The predicted molar refractivity (Wildman–Crippen MR) is 104 cm³/mol. The van der Waals surface area contributed by atoms with E-state index in [0.717, 1.165) is 37.7 Å². The second kappa shape index (κ2) is 11.5. The lowest BCUT2D eigenvalue weighted by molar-refractivity contribution is -0.144. The van der Waals surface area contributed by atoms with Gasteiger partial charge in [-0.05, 0) is 39.2 Å². The SMILES string of the molecule is C[C@@H]1OC(=O)[C@H](CCCCCCCCCCCCC2=C[C@H](C)OC2=O)[C@@H]1O. The summed E-state index contributed by atoms with van der Waals surface area (Å²) in [5.74, 6) is -0.674. The molecule has 0 radical (unpaired) electrons. The number of ether oxygens (including phenoxy) is 2. The molecule has 0 amide bonds. The maximum absolute atomic E-state index is 11.6. The van der Waals surface area contributed by atoms with Gasteiger partial charge in [0.2, 0.25) is 0 Å². The minimum absolute atomic E-state index is 0.0480. The lowest BCUT2D eigenvalue weighted by Crippen LogP contribution is -2.24. The van der Waals surface area contributed by atoms with Crippen LogP contribution in [0.4, 0.5) is 0 Å². The number of rotatable bonds is 13. The van der Waals surface area contributed by atoms with Gasteiger partial charge in [-0.1, -0.05) is 57.8 Å². The zero-order valence-electron chi connectivity index (χ0n) is 17.0. The Kier molecular flexibility index (Phi) is 9.32. The number of cyclic esters (lactones) is 2. The summed E-state index contributed by atoms with van der Waals surface area (Å²) in [5.41, 5.74) is 0.857. The molecule has 154 valence electrons. The van der Waals surface area contributed by atoms with Gasteiger partial charge in [0.15, 0.2) is 0 Å². The number of aliphatic hydroxyl groups excluding tert-OH is 1. The highest BCUT2D eigenvalue weighted by molar-refractivity contribution is 5.90. The molecule has 5 nitrogen and oxygen atoms in total. The van der Waals surface area contributed by atoms with Gasteiger partial charge in [0, 0.05) is 5.57 Å². The van der Waals surface area contributed by atoms with E-state index in [9.17, 15) is 14.7 Å². The second-order valence-electron chi connectivity index (χ2n) is 8.12. The molecule has 0 aromatic heterocycles. The fraction of sp³-hybridized carbons (Fsp3) is 0.818. The first-order valence-corrected chi connectivity index (χ1v) is 10.8. The smallest absolute Gasteiger partial charge is 0.334 e. The van der Waals surface area contributed by atoms with Crippen molar-refractivity contribution in [2.45, 2.75) is 109 Å². The van der Waals surface area contributed by atoms with Gasteiger partial charge in [-0.15, -0.1) is 0 Å². The first-order valence-electron chi connectivity index (χ1n) is 10.8. The molecule has 5 heteroatoms. The molecule has 2 aliphatic heterocycles. The Morgan fingerprint density at radius 1 is 0.852 bits per heavy atom. The molecule has 2 heterocycles. The van der Waals surface area contributed by atoms with Crippen LogP contribution >= 0.6 is 0 Å². The van der Waals surface area contributed by atoms with Gasteiger partial charge in [-0.3, -0.25) is 4.79 Å². The number of aliphatic hydroxyl groups is 1. The molecule has 0 aliphatic carbocycles. The summed E-state index contributed by atoms with van der Waals surface area (Å²) < 4.78 is 10.2. The molecule has 0 bridgehead atoms. The van der Waals surface area contributed by atoms with E-state index in [0.29, 0.717) is 0 Å². The number of unbranched alkanes of at least 4 members (excludes halogenated alkanes) is 9. The third kappa shape index (κ3) is 7.28. The van der Waals surface area contributed by atoms with Crippen LogP contribution in [0.5, 0.6) is 0 Å². The first kappa shape index (κ1) is 21.9. The number of hydrogen-bond acceptors (Lipinski definition) is 5. The van der Waals surface area contributed by atoms with E-state index < -0.39 is 6.10 Å². The number of esters is 2. The average molecular weight is 381 g/mol. The molecule has 0 aromatic carbocycles. The highest BCUT2D eigenvalue weighted by atomic mass is 16.6. The Bertz CT molecular complexity index is 513. The van der Waals surface area contributed by atoms with E-state index in [2.05, 4.69) is 0 Å². The summed E-state index contributed by atoms with van der Waals surface area (Å²) in [4.78, 5) is 23.1. The van der Waals surface area contributed by atoms with Crippen molar-refractivity contribution in [3.8, 4) is 0 Å². The lowest BCUT2D eigenvalue weighted by Gasteiger charge is -2.11. The summed E-state index contributed by atoms with van der Waals surface area (Å²) in [7, 11) is 0. The quantitative estimate of drug-likeness (QED) is 0.377. The summed E-state index contributed by atoms with van der Waals surface area (Å²) in [6.45, 7) is 3.65. The van der Waals surface area contributed by atoms with Gasteiger partial charge >= 0.3 is 11.9 Å². The lowest BCUT2D eigenvalue weighted by atomic mass is 9.95. The van der Waals surface area contributed by atoms with Crippen molar-refractivity contribution in [3.63, 3.8) is 0 Å². The molecule has 0 saturated carbocycles. The van der Waals surface area contributed by atoms with E-state index >= 15 is 0 Å². The molecule has 4 atom stereocenters. The molecule has 2 aliphatic rings. The third-order valence-corrected chi connectivity index (χ3v) is 5.70. The highest BCUT2D eigenvalue weighted by Gasteiger charge is 2.40. The van der Waals surface area contributed by atoms with Crippen LogP contribution in [0, 0.1) is 5.92 Å². The van der Waals surface area contributed by atoms with Crippen molar-refractivity contribution in [2.24, 2.45) is 5.92 Å². The van der Waals surface area contributed by atoms with Crippen molar-refractivity contribution in [3.05, 3.63) is 11.6 Å². The van der Waals surface area contributed by atoms with Crippen LogP contribution in [0.2, 0.25) is 0 Å². The molecule has 0 aromatic rings. The Morgan fingerprint density at radius 2 is 1.41 bits per heavy atom. The topological polar surface area (TPSA) is 72.8 Å². The molecule has 0 unspecified atom stereocenters. The summed E-state index contributed by atoms with van der Waals surface area (Å²) in [6, 6.07) is 0. The van der Waals surface area contributed by atoms with Crippen molar-refractivity contribution in [2.75, 3.05) is 0 Å². The van der Waals surface area contributed by atoms with Gasteiger partial charge in [0.1, 0.15) is 18.3 Å². The van der Waals surface area contributed by atoms with E-state index in [-0.39, 0.29) is 30.1 Å². The summed E-state index contributed by atoms with van der Waals surface area (Å²) in [5, 5.41) is 9.90. The molecule has 1 N–H and O–H groups in total. The van der Waals surface area contributed by atoms with Crippen molar-refractivity contribution in [1.82, 2.24) is 0 Å². The van der Waals surface area contributed by atoms with Crippen LogP contribution < -0.4 is 0 Å². The van der Waals surface area contributed by atoms with Crippen LogP contribution in [-0.4, -0.2) is 35.4 Å². The van der Waals surface area contributed by atoms with E-state index in [1.807, 2.05) is 13.0 Å². The van der Waals surface area contributed by atoms with Gasteiger partial charge in [-0.25, -0.2) is 4.79 Å². The largest absolute Gasteiger partial charge is 0.460 e. The van der Waals surface area contributed by atoms with E-state index in [4.69, 9.17) is 9.47 Å². The minimum Gasteiger partial charge on any atom is -0.460 e. The third-order valence-electron chi connectivity index (χ3n) is 5.70. The molecule has 1 fully saturated rings. The fourth-order valence-electron chi connectivity index (χ4n) is 4.00. The van der Waals surface area contributed by atoms with E-state index in [1.54, 1.807) is 6.92 Å². The van der Waals surface area contributed by atoms with Gasteiger partial charge in [-0.2, -0.15) is 0 Å². The Balaban J connectivity index is 1.35. The summed E-state index contributed by atoms with van der Waals surface area (Å²) >= 11 is 0. The standard InChI is InChI=1S/C22H36O5/c1-16-15-18(21(24)26-16)13-11-9-7-5-3-4-6-8-10-12-14-19-20(23)17(2)27-22(19)25/h15-17,19-20,23H,3-14H2,1-2H3/t16-,17-,19+,20+/m0/s1. The predicted octanol–water partition coefficient (Wildman–Crippen LogP) is 4.46. The Hall–Kier alpha value is -1.36. The van der Waals surface area contributed by atoms with Gasteiger partial charge in [0.25, 0.3) is 0 Å². The minimum atomic E-state index is -0.628. The molecule has 0 spiro atoms. The van der Waals surface area contributed by atoms with Crippen LogP contribution in [0.1, 0.15) is 90.9 Å². The molecule has 27 heavy (non-hydrogen) atoms. The van der Waals surface area contributed by atoms with Gasteiger partial charge < -0.3 is 14.6 Å². The highest BCUT2D eigenvalue weighted by Crippen LogP contribution is 2.26. The second-order valence-corrected chi connectivity index (χ2v) is 8.12. The van der Waals surface area contributed by atoms with Crippen LogP contribution in [0.3, 0.4) is 0 Å². The molecular weight excluding hydrogens is 344 g/mol. The first-order chi connectivity index (χ1) is 13.0. The monoisotopic (exact) mass is 380 g/mol. The van der Waals surface area contributed by atoms with Crippen molar-refractivity contribution in [1.29, 1.82) is 0 Å². The van der Waals surface area contributed by atoms with Crippen LogP contribution in [0.15, 0.2) is 11.6 Å². The van der Waals surface area contributed by atoms with Crippen molar-refractivity contribution >= 4 is 11.9 Å². The Morgan fingerprint density at radius 3 is 1.89 bits per heavy atom. The maximum atomic E-state index is 11.6. The van der Waals surface area contributed by atoms with Crippen LogP contribution in [0.25, 0.3) is 0 Å². The summed E-state index contributed by atoms with van der Waals surface area (Å²) in [6.07, 6.45) is 14.3. The zero-order chi connectivity index (χ0) is 19.6. The van der Waals surface area contributed by atoms with Crippen LogP contribution in [-0.2, 0) is 19.1 Å². The Labute approximate surface area is 163 Å². The molecule has 2 rings (SSSR count). The van der Waals surface area contributed by atoms with Crippen molar-refractivity contribution < 1.29 is 24.2 Å². The maximum Gasteiger partial charge on any atom is 0.334 e. The zero-order valence-corrected chi connectivity index (χ0v) is 17.0.